The highest BCUT2D eigenvalue weighted by molar-refractivity contribution is 4.78. The Morgan fingerprint density at radius 1 is 1.40 bits per heavy atom. The fraction of sp³-hybridized carbons (Fsp3) is 1.00. The molecule has 0 radical (unpaired) electrons. The van der Waals surface area contributed by atoms with Crippen LogP contribution in [-0.2, 0) is 4.74 Å². The van der Waals surface area contributed by atoms with Gasteiger partial charge in [0.05, 0.1) is 6.61 Å². The maximum atomic E-state index is 5.50. The van der Waals surface area contributed by atoms with Gasteiger partial charge in [-0.05, 0) is 31.6 Å². The van der Waals surface area contributed by atoms with Crippen LogP contribution < -0.4 is 5.32 Å². The van der Waals surface area contributed by atoms with Gasteiger partial charge in [-0.25, -0.2) is 0 Å². The fourth-order valence-corrected chi connectivity index (χ4v) is 2.52. The Balaban J connectivity index is 2.30. The van der Waals surface area contributed by atoms with Gasteiger partial charge < -0.3 is 10.1 Å². The van der Waals surface area contributed by atoms with Gasteiger partial charge in [-0.3, -0.25) is 0 Å². The van der Waals surface area contributed by atoms with E-state index < -0.39 is 0 Å². The first-order valence-corrected chi connectivity index (χ1v) is 6.61. The molecule has 0 amide bonds. The second-order valence-corrected chi connectivity index (χ2v) is 4.86. The quantitative estimate of drug-likeness (QED) is 0.732. The summed E-state index contributed by atoms with van der Waals surface area (Å²) in [5.41, 5.74) is 0. The van der Waals surface area contributed by atoms with Gasteiger partial charge >= 0.3 is 0 Å². The van der Waals surface area contributed by atoms with Crippen LogP contribution in [0.15, 0.2) is 0 Å². The van der Waals surface area contributed by atoms with Crippen LogP contribution >= 0.6 is 0 Å². The predicted molar refractivity (Wildman–Crippen MR) is 65.1 cm³/mol. The van der Waals surface area contributed by atoms with Crippen LogP contribution in [0.25, 0.3) is 0 Å². The minimum Gasteiger partial charge on any atom is -0.380 e. The lowest BCUT2D eigenvalue weighted by atomic mass is 9.93. The zero-order valence-corrected chi connectivity index (χ0v) is 10.6. The van der Waals surface area contributed by atoms with Gasteiger partial charge in [0.15, 0.2) is 0 Å². The average molecular weight is 213 g/mol. The van der Waals surface area contributed by atoms with Gasteiger partial charge in [0.2, 0.25) is 0 Å². The summed E-state index contributed by atoms with van der Waals surface area (Å²) in [5.74, 6) is 0.793. The third-order valence-electron chi connectivity index (χ3n) is 3.48. The lowest BCUT2D eigenvalue weighted by Crippen LogP contribution is -2.45. The topological polar surface area (TPSA) is 21.3 Å². The molecule has 2 nitrogen and oxygen atoms in total. The smallest absolute Gasteiger partial charge is 0.0619 e. The maximum Gasteiger partial charge on any atom is 0.0619 e. The molecule has 3 atom stereocenters. The van der Waals surface area contributed by atoms with E-state index in [4.69, 9.17) is 4.74 Å². The lowest BCUT2D eigenvalue weighted by molar-refractivity contribution is 0.0628. The highest BCUT2D eigenvalue weighted by atomic mass is 16.5. The van der Waals surface area contributed by atoms with E-state index in [-0.39, 0.29) is 0 Å². The monoisotopic (exact) mass is 213 g/mol. The largest absolute Gasteiger partial charge is 0.380 e. The molecule has 0 aromatic carbocycles. The molecule has 1 heterocycles. The molecule has 0 bridgehead atoms. The van der Waals surface area contributed by atoms with Gasteiger partial charge in [0.25, 0.3) is 0 Å². The molecular formula is C13H27NO. The molecular weight excluding hydrogens is 186 g/mol. The normalized spacial score (nSPS) is 26.2. The summed E-state index contributed by atoms with van der Waals surface area (Å²) in [6.07, 6.45) is 6.36. The molecule has 1 fully saturated rings. The lowest BCUT2D eigenvalue weighted by Gasteiger charge is -2.31. The molecule has 1 aliphatic rings. The second-order valence-electron chi connectivity index (χ2n) is 4.86. The third-order valence-corrected chi connectivity index (χ3v) is 3.48. The van der Waals surface area contributed by atoms with E-state index >= 15 is 0 Å². The van der Waals surface area contributed by atoms with Gasteiger partial charge in [0.1, 0.15) is 0 Å². The molecule has 1 N–H and O–H groups in total. The Hall–Kier alpha value is -0.0800. The van der Waals surface area contributed by atoms with Crippen molar-refractivity contribution in [1.82, 2.24) is 5.32 Å². The minimum absolute atomic E-state index is 0.600. The average Bonchev–Trinajstić information content (AvgIpc) is 2.27. The number of nitrogens with one attached hydrogen (secondary N) is 1. The van der Waals surface area contributed by atoms with Crippen LogP contribution in [0.5, 0.6) is 0 Å². The van der Waals surface area contributed by atoms with Crippen molar-refractivity contribution in [2.45, 2.75) is 65.0 Å². The Bertz CT molecular complexity index is 155. The van der Waals surface area contributed by atoms with Gasteiger partial charge in [-0.15, -0.1) is 0 Å². The zero-order chi connectivity index (χ0) is 11.1. The molecule has 0 spiro atoms. The van der Waals surface area contributed by atoms with Crippen LogP contribution in [-0.4, -0.2) is 25.3 Å². The van der Waals surface area contributed by atoms with E-state index in [2.05, 4.69) is 26.1 Å². The Morgan fingerprint density at radius 2 is 2.20 bits per heavy atom. The SMILES string of the molecule is CCCC(C)C(CC)NC1CCCOC1. The fourth-order valence-electron chi connectivity index (χ4n) is 2.52. The first-order valence-electron chi connectivity index (χ1n) is 6.61. The van der Waals surface area contributed by atoms with Gasteiger partial charge in [-0.1, -0.05) is 27.2 Å². The van der Waals surface area contributed by atoms with Crippen molar-refractivity contribution in [3.8, 4) is 0 Å². The van der Waals surface area contributed by atoms with Crippen molar-refractivity contribution in [3.63, 3.8) is 0 Å². The molecule has 90 valence electrons. The molecule has 1 saturated heterocycles. The minimum atomic E-state index is 0.600. The molecule has 1 rings (SSSR count). The van der Waals surface area contributed by atoms with E-state index in [9.17, 15) is 0 Å². The number of hydrogen-bond donors (Lipinski definition) is 1. The molecule has 1 aliphatic heterocycles. The molecule has 0 aliphatic carbocycles. The Labute approximate surface area is 94.8 Å². The van der Waals surface area contributed by atoms with E-state index in [0.717, 1.165) is 19.1 Å². The summed E-state index contributed by atoms with van der Waals surface area (Å²) in [7, 11) is 0. The second kappa shape index (κ2) is 7.24. The summed E-state index contributed by atoms with van der Waals surface area (Å²) in [4.78, 5) is 0. The van der Waals surface area contributed by atoms with Crippen molar-refractivity contribution < 1.29 is 4.74 Å². The van der Waals surface area contributed by atoms with Crippen molar-refractivity contribution in [2.75, 3.05) is 13.2 Å². The molecule has 15 heavy (non-hydrogen) atoms. The Kier molecular flexibility index (Phi) is 6.26. The number of rotatable bonds is 6. The number of hydrogen-bond acceptors (Lipinski definition) is 2. The van der Waals surface area contributed by atoms with Gasteiger partial charge in [0, 0.05) is 18.7 Å². The van der Waals surface area contributed by atoms with E-state index in [0.29, 0.717) is 12.1 Å². The molecule has 0 aromatic heterocycles. The van der Waals surface area contributed by atoms with Gasteiger partial charge in [-0.2, -0.15) is 0 Å². The summed E-state index contributed by atoms with van der Waals surface area (Å²) in [6, 6.07) is 1.28. The van der Waals surface area contributed by atoms with Crippen LogP contribution in [0.4, 0.5) is 0 Å². The van der Waals surface area contributed by atoms with Crippen molar-refractivity contribution in [1.29, 1.82) is 0 Å². The van der Waals surface area contributed by atoms with Crippen molar-refractivity contribution in [2.24, 2.45) is 5.92 Å². The molecule has 0 saturated carbocycles. The molecule has 0 aromatic rings. The first kappa shape index (κ1) is 13.0. The summed E-state index contributed by atoms with van der Waals surface area (Å²) >= 11 is 0. The maximum absolute atomic E-state index is 5.50. The van der Waals surface area contributed by atoms with Crippen LogP contribution in [0.2, 0.25) is 0 Å². The molecule has 3 unspecified atom stereocenters. The van der Waals surface area contributed by atoms with E-state index in [1.165, 1.54) is 32.1 Å². The van der Waals surface area contributed by atoms with Crippen LogP contribution in [0.1, 0.15) is 52.9 Å². The van der Waals surface area contributed by atoms with Crippen molar-refractivity contribution >= 4 is 0 Å². The van der Waals surface area contributed by atoms with E-state index in [1.54, 1.807) is 0 Å². The van der Waals surface area contributed by atoms with Crippen molar-refractivity contribution in [3.05, 3.63) is 0 Å². The predicted octanol–water partition coefficient (Wildman–Crippen LogP) is 2.97. The standard InChI is InChI=1S/C13H27NO/c1-4-7-11(3)13(5-2)14-12-8-6-9-15-10-12/h11-14H,4-10H2,1-3H3. The highest BCUT2D eigenvalue weighted by Gasteiger charge is 2.20. The van der Waals surface area contributed by atoms with Crippen LogP contribution in [0, 0.1) is 5.92 Å². The summed E-state index contributed by atoms with van der Waals surface area (Å²) < 4.78 is 5.50. The summed E-state index contributed by atoms with van der Waals surface area (Å²) in [6.45, 7) is 8.80. The van der Waals surface area contributed by atoms with Crippen LogP contribution in [0.3, 0.4) is 0 Å². The Morgan fingerprint density at radius 3 is 2.73 bits per heavy atom. The zero-order valence-electron chi connectivity index (χ0n) is 10.6. The number of ether oxygens (including phenoxy) is 1. The van der Waals surface area contributed by atoms with E-state index in [1.807, 2.05) is 0 Å². The third kappa shape index (κ3) is 4.52. The first-order chi connectivity index (χ1) is 7.27. The summed E-state index contributed by atoms with van der Waals surface area (Å²) in [5, 5.41) is 3.77. The highest BCUT2D eigenvalue weighted by Crippen LogP contribution is 2.16. The molecule has 2 heteroatoms.